The van der Waals surface area contributed by atoms with Crippen LogP contribution in [0.2, 0.25) is 0 Å². The molecule has 2 heterocycles. The van der Waals surface area contributed by atoms with Gasteiger partial charge in [0.05, 0.1) is 6.54 Å². The molecule has 0 bridgehead atoms. The van der Waals surface area contributed by atoms with Gasteiger partial charge in [-0.3, -0.25) is 4.90 Å². The molecule has 0 amide bonds. The molecule has 2 N–H and O–H groups in total. The van der Waals surface area contributed by atoms with Crippen LogP contribution in [0.1, 0.15) is 37.6 Å². The van der Waals surface area contributed by atoms with Gasteiger partial charge >= 0.3 is 0 Å². The molecule has 1 aromatic heterocycles. The minimum atomic E-state index is 0. The Morgan fingerprint density at radius 2 is 1.96 bits per heavy atom. The quantitative estimate of drug-likeness (QED) is 0.330. The van der Waals surface area contributed by atoms with Crippen LogP contribution in [0.25, 0.3) is 0 Å². The first-order chi connectivity index (χ1) is 12.2. The largest absolute Gasteiger partial charge is 0.357 e. The van der Waals surface area contributed by atoms with Gasteiger partial charge in [0.15, 0.2) is 5.96 Å². The molecular formula is C18H35IN6S. The Kier molecular flexibility index (Phi) is 11.7. The summed E-state index contributed by atoms with van der Waals surface area (Å²) in [6, 6.07) is 0.509. The van der Waals surface area contributed by atoms with E-state index in [0.29, 0.717) is 12.6 Å². The van der Waals surface area contributed by atoms with Gasteiger partial charge in [-0.1, -0.05) is 13.8 Å². The number of halogens is 1. The molecule has 0 spiro atoms. The molecule has 1 unspecified atom stereocenters. The zero-order valence-electron chi connectivity index (χ0n) is 16.6. The molecule has 0 aromatic carbocycles. The standard InChI is InChI=1S/C18H34N6S.HI/c1-5-16-13-20-17(25-16)14-22-18(19-6-2)21-12-15(4)24-10-8-23(7-3)9-11-24;/h13,15H,5-12,14H2,1-4H3,(H2,19,21,22);1H. The molecule has 2 rings (SSSR count). The Morgan fingerprint density at radius 1 is 1.23 bits per heavy atom. The molecule has 1 atom stereocenters. The Balaban J connectivity index is 0.00000338. The molecule has 0 aliphatic carbocycles. The molecule has 1 aliphatic heterocycles. The predicted octanol–water partition coefficient (Wildman–Crippen LogP) is 2.40. The van der Waals surface area contributed by atoms with Gasteiger partial charge in [-0.05, 0) is 26.8 Å². The fourth-order valence-electron chi connectivity index (χ4n) is 2.97. The van der Waals surface area contributed by atoms with Gasteiger partial charge in [-0.25, -0.2) is 9.98 Å². The number of aliphatic imine (C=N–C) groups is 1. The van der Waals surface area contributed by atoms with Gasteiger partial charge in [0.25, 0.3) is 0 Å². The second kappa shape index (κ2) is 12.9. The van der Waals surface area contributed by atoms with E-state index in [1.165, 1.54) is 18.0 Å². The van der Waals surface area contributed by atoms with Crippen molar-refractivity contribution in [2.24, 2.45) is 4.99 Å². The van der Waals surface area contributed by atoms with Crippen LogP contribution < -0.4 is 10.6 Å². The van der Waals surface area contributed by atoms with Crippen molar-refractivity contribution in [2.45, 2.75) is 46.7 Å². The molecule has 1 aliphatic rings. The number of hydrogen-bond acceptors (Lipinski definition) is 5. The lowest BCUT2D eigenvalue weighted by Crippen LogP contribution is -2.53. The summed E-state index contributed by atoms with van der Waals surface area (Å²) in [5.41, 5.74) is 0. The third-order valence-corrected chi connectivity index (χ3v) is 5.84. The lowest BCUT2D eigenvalue weighted by atomic mass is 10.2. The average molecular weight is 494 g/mol. The van der Waals surface area contributed by atoms with E-state index in [-0.39, 0.29) is 24.0 Å². The number of nitrogens with zero attached hydrogens (tertiary/aromatic N) is 4. The van der Waals surface area contributed by atoms with Gasteiger partial charge in [0.2, 0.25) is 0 Å². The lowest BCUT2D eigenvalue weighted by Gasteiger charge is -2.37. The van der Waals surface area contributed by atoms with Crippen molar-refractivity contribution in [3.05, 3.63) is 16.1 Å². The summed E-state index contributed by atoms with van der Waals surface area (Å²) in [6.45, 7) is 17.1. The van der Waals surface area contributed by atoms with Crippen LogP contribution >= 0.6 is 35.3 Å². The number of aryl methyl sites for hydroxylation is 1. The Labute approximate surface area is 179 Å². The molecule has 0 radical (unpaired) electrons. The highest BCUT2D eigenvalue weighted by Crippen LogP contribution is 2.14. The first-order valence-electron chi connectivity index (χ1n) is 9.58. The predicted molar refractivity (Wildman–Crippen MR) is 123 cm³/mol. The number of thiazole rings is 1. The number of likely N-dealkylation sites (N-methyl/N-ethyl adjacent to an activating group) is 1. The van der Waals surface area contributed by atoms with E-state index in [1.54, 1.807) is 11.3 Å². The fraction of sp³-hybridized carbons (Fsp3) is 0.778. The number of nitrogens with one attached hydrogen (secondary N) is 2. The Morgan fingerprint density at radius 3 is 2.54 bits per heavy atom. The lowest BCUT2D eigenvalue weighted by molar-refractivity contribution is 0.107. The maximum Gasteiger partial charge on any atom is 0.191 e. The SMILES string of the molecule is CCNC(=NCc1ncc(CC)s1)NCC(C)N1CCN(CC)CC1.I. The summed E-state index contributed by atoms with van der Waals surface area (Å²) in [6.07, 6.45) is 3.01. The Bertz CT molecular complexity index is 528. The highest BCUT2D eigenvalue weighted by molar-refractivity contribution is 14.0. The first-order valence-corrected chi connectivity index (χ1v) is 10.4. The molecule has 8 heteroatoms. The van der Waals surface area contributed by atoms with Crippen LogP contribution in [0.3, 0.4) is 0 Å². The van der Waals surface area contributed by atoms with Gasteiger partial charge in [0, 0.05) is 56.4 Å². The normalized spacial score (nSPS) is 17.6. The molecule has 150 valence electrons. The van der Waals surface area contributed by atoms with Crippen molar-refractivity contribution in [3.8, 4) is 0 Å². The van der Waals surface area contributed by atoms with Gasteiger partial charge in [-0.2, -0.15) is 0 Å². The molecule has 6 nitrogen and oxygen atoms in total. The summed E-state index contributed by atoms with van der Waals surface area (Å²) in [7, 11) is 0. The number of guanidine groups is 1. The van der Waals surface area contributed by atoms with Crippen molar-refractivity contribution < 1.29 is 0 Å². The highest BCUT2D eigenvalue weighted by Gasteiger charge is 2.20. The number of aromatic nitrogens is 1. The molecule has 1 fully saturated rings. The summed E-state index contributed by atoms with van der Waals surface area (Å²) in [4.78, 5) is 15.5. The molecular weight excluding hydrogens is 459 g/mol. The summed E-state index contributed by atoms with van der Waals surface area (Å²) in [5.74, 6) is 0.884. The van der Waals surface area contributed by atoms with E-state index >= 15 is 0 Å². The van der Waals surface area contributed by atoms with Crippen molar-refractivity contribution >= 4 is 41.3 Å². The van der Waals surface area contributed by atoms with Crippen LogP contribution in [0.15, 0.2) is 11.2 Å². The van der Waals surface area contributed by atoms with Crippen molar-refractivity contribution in [1.82, 2.24) is 25.4 Å². The Hall–Kier alpha value is -0.450. The van der Waals surface area contributed by atoms with Crippen molar-refractivity contribution in [3.63, 3.8) is 0 Å². The summed E-state index contributed by atoms with van der Waals surface area (Å²) < 4.78 is 0. The maximum absolute atomic E-state index is 4.69. The second-order valence-electron chi connectivity index (χ2n) is 6.47. The number of rotatable bonds is 8. The minimum absolute atomic E-state index is 0. The third kappa shape index (κ3) is 7.66. The van der Waals surface area contributed by atoms with E-state index < -0.39 is 0 Å². The maximum atomic E-state index is 4.69. The first kappa shape index (κ1) is 23.6. The van der Waals surface area contributed by atoms with Crippen molar-refractivity contribution in [1.29, 1.82) is 0 Å². The number of hydrogen-bond donors (Lipinski definition) is 2. The molecule has 1 aromatic rings. The van der Waals surface area contributed by atoms with E-state index in [9.17, 15) is 0 Å². The number of piperazine rings is 1. The molecule has 26 heavy (non-hydrogen) atoms. The van der Waals surface area contributed by atoms with E-state index in [4.69, 9.17) is 0 Å². The summed E-state index contributed by atoms with van der Waals surface area (Å²) in [5, 5.41) is 7.91. The van der Waals surface area contributed by atoms with Gasteiger partial charge in [-0.15, -0.1) is 35.3 Å². The van der Waals surface area contributed by atoms with Gasteiger partial charge in [0.1, 0.15) is 5.01 Å². The van der Waals surface area contributed by atoms with Crippen LogP contribution in [-0.4, -0.2) is 72.6 Å². The summed E-state index contributed by atoms with van der Waals surface area (Å²) >= 11 is 1.76. The van der Waals surface area contributed by atoms with Crippen LogP contribution in [0.4, 0.5) is 0 Å². The van der Waals surface area contributed by atoms with E-state index in [0.717, 1.165) is 50.1 Å². The second-order valence-corrected chi connectivity index (χ2v) is 7.67. The monoisotopic (exact) mass is 494 g/mol. The highest BCUT2D eigenvalue weighted by atomic mass is 127. The zero-order valence-corrected chi connectivity index (χ0v) is 19.8. The van der Waals surface area contributed by atoms with Crippen LogP contribution in [0, 0.1) is 0 Å². The van der Waals surface area contributed by atoms with E-state index in [1.807, 2.05) is 6.20 Å². The third-order valence-electron chi connectivity index (χ3n) is 4.71. The fourth-order valence-corrected chi connectivity index (χ4v) is 3.75. The average Bonchev–Trinajstić information content (AvgIpc) is 3.12. The smallest absolute Gasteiger partial charge is 0.191 e. The van der Waals surface area contributed by atoms with Crippen LogP contribution in [-0.2, 0) is 13.0 Å². The van der Waals surface area contributed by atoms with Crippen molar-refractivity contribution in [2.75, 3.05) is 45.8 Å². The van der Waals surface area contributed by atoms with Crippen LogP contribution in [0.5, 0.6) is 0 Å². The zero-order chi connectivity index (χ0) is 18.1. The molecule has 0 saturated carbocycles. The topological polar surface area (TPSA) is 55.8 Å². The van der Waals surface area contributed by atoms with E-state index in [2.05, 4.69) is 58.1 Å². The molecule has 1 saturated heterocycles. The minimum Gasteiger partial charge on any atom is -0.357 e. The van der Waals surface area contributed by atoms with Gasteiger partial charge < -0.3 is 15.5 Å².